The first kappa shape index (κ1) is 25.9. The molecular weight excluding hydrogens is 544 g/mol. The van der Waals surface area contributed by atoms with Gasteiger partial charge in [-0.2, -0.15) is 0 Å². The molecular formula is C43H30N2. The maximum Gasteiger partial charge on any atom is 0.0930 e. The highest BCUT2D eigenvalue weighted by atomic mass is 15.1. The predicted molar refractivity (Wildman–Crippen MR) is 188 cm³/mol. The molecule has 2 heteroatoms. The lowest BCUT2D eigenvalue weighted by Crippen LogP contribution is -2.16. The van der Waals surface area contributed by atoms with Gasteiger partial charge in [-0.05, 0) is 83.9 Å². The third kappa shape index (κ3) is 3.82. The Morgan fingerprint density at radius 2 is 0.844 bits per heavy atom. The van der Waals surface area contributed by atoms with Crippen LogP contribution >= 0.6 is 0 Å². The van der Waals surface area contributed by atoms with E-state index in [0.29, 0.717) is 0 Å². The standard InChI is InChI=1S/C43H30N2/c1-43(2)41-34-18-10-8-16-32(34)36(26-37(41)40-33-17-9-6-14-30(33)31-15-7-11-19-35(31)42(40)43)27-20-22-29(23-21-27)39-25-24-38(44-45-39)28-12-4-3-5-13-28/h3-26H,1-2H3. The summed E-state index contributed by atoms with van der Waals surface area (Å²) in [5.74, 6) is 0. The molecule has 2 nitrogen and oxygen atoms in total. The summed E-state index contributed by atoms with van der Waals surface area (Å²) >= 11 is 0. The maximum atomic E-state index is 4.57. The van der Waals surface area contributed by atoms with Crippen LogP contribution in [0.2, 0.25) is 0 Å². The number of hydrogen-bond acceptors (Lipinski definition) is 2. The van der Waals surface area contributed by atoms with Gasteiger partial charge < -0.3 is 0 Å². The first-order valence-electron chi connectivity index (χ1n) is 15.6. The Labute approximate surface area is 262 Å². The first-order valence-corrected chi connectivity index (χ1v) is 15.6. The zero-order chi connectivity index (χ0) is 30.1. The Morgan fingerprint density at radius 3 is 1.47 bits per heavy atom. The molecule has 1 aromatic heterocycles. The Kier molecular flexibility index (Phi) is 5.58. The first-order chi connectivity index (χ1) is 22.1. The summed E-state index contributed by atoms with van der Waals surface area (Å²) in [5, 5.41) is 17.0. The third-order valence-corrected chi connectivity index (χ3v) is 9.72. The van der Waals surface area contributed by atoms with E-state index in [4.69, 9.17) is 0 Å². The Balaban J connectivity index is 1.23. The molecule has 0 saturated carbocycles. The van der Waals surface area contributed by atoms with Gasteiger partial charge in [-0.3, -0.25) is 0 Å². The van der Waals surface area contributed by atoms with Crippen LogP contribution in [0.15, 0.2) is 146 Å². The average molecular weight is 575 g/mol. The predicted octanol–water partition coefficient (Wildman–Crippen LogP) is 11.2. The maximum absolute atomic E-state index is 4.57. The lowest BCUT2D eigenvalue weighted by Gasteiger charge is -2.25. The molecule has 0 unspecified atom stereocenters. The van der Waals surface area contributed by atoms with Crippen LogP contribution in [-0.2, 0) is 5.41 Å². The smallest absolute Gasteiger partial charge is 0.0930 e. The van der Waals surface area contributed by atoms with Crippen molar-refractivity contribution < 1.29 is 0 Å². The highest BCUT2D eigenvalue weighted by Crippen LogP contribution is 2.57. The van der Waals surface area contributed by atoms with Gasteiger partial charge in [0.25, 0.3) is 0 Å². The molecule has 1 heterocycles. The fourth-order valence-corrected chi connectivity index (χ4v) is 7.75. The van der Waals surface area contributed by atoms with Crippen LogP contribution in [0, 0.1) is 0 Å². The average Bonchev–Trinajstić information content (AvgIpc) is 3.35. The van der Waals surface area contributed by atoms with Gasteiger partial charge in [-0.1, -0.05) is 141 Å². The number of fused-ring (bicyclic) bond motifs is 10. The van der Waals surface area contributed by atoms with E-state index in [1.807, 2.05) is 24.3 Å². The van der Waals surface area contributed by atoms with Crippen LogP contribution in [0.5, 0.6) is 0 Å². The van der Waals surface area contributed by atoms with Crippen molar-refractivity contribution in [1.82, 2.24) is 10.2 Å². The minimum Gasteiger partial charge on any atom is -0.150 e. The number of hydrogen-bond donors (Lipinski definition) is 0. The summed E-state index contributed by atoms with van der Waals surface area (Å²) in [5.41, 5.74) is 11.7. The molecule has 212 valence electrons. The topological polar surface area (TPSA) is 25.8 Å². The van der Waals surface area contributed by atoms with Gasteiger partial charge in [-0.25, -0.2) is 0 Å². The summed E-state index contributed by atoms with van der Waals surface area (Å²) in [6.45, 7) is 4.81. The molecule has 1 aliphatic carbocycles. The molecule has 0 spiro atoms. The minimum absolute atomic E-state index is 0.152. The molecule has 0 amide bonds. The van der Waals surface area contributed by atoms with Gasteiger partial charge in [0.15, 0.2) is 0 Å². The summed E-state index contributed by atoms with van der Waals surface area (Å²) in [6.07, 6.45) is 0. The van der Waals surface area contributed by atoms with Crippen molar-refractivity contribution in [3.63, 3.8) is 0 Å². The largest absolute Gasteiger partial charge is 0.150 e. The SMILES string of the molecule is CC1(C)c2c(cc(-c3ccc(-c4ccc(-c5ccccc5)nn4)cc3)c3ccccc23)-c2c1c1ccccc1c1ccccc21. The lowest BCUT2D eigenvalue weighted by molar-refractivity contribution is 0.672. The molecule has 7 aromatic carbocycles. The fourth-order valence-electron chi connectivity index (χ4n) is 7.75. The fraction of sp³-hybridized carbons (Fsp3) is 0.0698. The van der Waals surface area contributed by atoms with E-state index in [-0.39, 0.29) is 5.41 Å². The van der Waals surface area contributed by atoms with Crippen LogP contribution in [0.1, 0.15) is 25.0 Å². The monoisotopic (exact) mass is 574 g/mol. The van der Waals surface area contributed by atoms with E-state index < -0.39 is 0 Å². The Morgan fingerprint density at radius 1 is 0.378 bits per heavy atom. The van der Waals surface area contributed by atoms with Gasteiger partial charge in [0.2, 0.25) is 0 Å². The van der Waals surface area contributed by atoms with Gasteiger partial charge in [0, 0.05) is 16.5 Å². The van der Waals surface area contributed by atoms with Gasteiger partial charge >= 0.3 is 0 Å². The van der Waals surface area contributed by atoms with Crippen LogP contribution in [-0.4, -0.2) is 10.2 Å². The van der Waals surface area contributed by atoms with E-state index in [0.717, 1.165) is 22.5 Å². The second-order valence-electron chi connectivity index (χ2n) is 12.6. The van der Waals surface area contributed by atoms with Crippen molar-refractivity contribution in [2.45, 2.75) is 19.3 Å². The zero-order valence-corrected chi connectivity index (χ0v) is 25.3. The molecule has 0 atom stereocenters. The Hall–Kier alpha value is -5.60. The quantitative estimate of drug-likeness (QED) is 0.196. The number of aromatic nitrogens is 2. The Bertz CT molecular complexity index is 2420. The summed E-state index contributed by atoms with van der Waals surface area (Å²) < 4.78 is 0. The zero-order valence-electron chi connectivity index (χ0n) is 25.3. The van der Waals surface area contributed by atoms with Gasteiger partial charge in [0.1, 0.15) is 0 Å². The minimum atomic E-state index is -0.152. The molecule has 1 aliphatic rings. The van der Waals surface area contributed by atoms with Crippen molar-refractivity contribution in [2.75, 3.05) is 0 Å². The summed E-state index contributed by atoms with van der Waals surface area (Å²) in [7, 11) is 0. The van der Waals surface area contributed by atoms with Crippen LogP contribution in [0.4, 0.5) is 0 Å². The number of nitrogens with zero attached hydrogens (tertiary/aromatic N) is 2. The number of benzene rings is 7. The van der Waals surface area contributed by atoms with Crippen LogP contribution < -0.4 is 0 Å². The molecule has 0 radical (unpaired) electrons. The van der Waals surface area contributed by atoms with Crippen molar-refractivity contribution in [3.8, 4) is 44.8 Å². The number of rotatable bonds is 3. The van der Waals surface area contributed by atoms with E-state index in [1.165, 1.54) is 65.7 Å². The molecule has 8 aromatic rings. The normalized spacial score (nSPS) is 13.3. The van der Waals surface area contributed by atoms with Gasteiger partial charge in [0.05, 0.1) is 11.4 Å². The van der Waals surface area contributed by atoms with E-state index >= 15 is 0 Å². The highest BCUT2D eigenvalue weighted by Gasteiger charge is 2.40. The molecule has 0 aliphatic heterocycles. The summed E-state index contributed by atoms with van der Waals surface area (Å²) in [6, 6.07) is 52.3. The second kappa shape index (κ2) is 9.70. The van der Waals surface area contributed by atoms with E-state index in [1.54, 1.807) is 0 Å². The molecule has 0 N–H and O–H groups in total. The van der Waals surface area contributed by atoms with Crippen molar-refractivity contribution in [2.24, 2.45) is 0 Å². The molecule has 0 saturated heterocycles. The third-order valence-electron chi connectivity index (χ3n) is 9.72. The van der Waals surface area contributed by atoms with Crippen molar-refractivity contribution in [1.29, 1.82) is 0 Å². The van der Waals surface area contributed by atoms with Gasteiger partial charge in [-0.15, -0.1) is 10.2 Å². The molecule has 45 heavy (non-hydrogen) atoms. The van der Waals surface area contributed by atoms with E-state index in [9.17, 15) is 0 Å². The van der Waals surface area contributed by atoms with Crippen LogP contribution in [0.25, 0.3) is 77.1 Å². The molecule has 0 fully saturated rings. The lowest BCUT2D eigenvalue weighted by atomic mass is 9.77. The molecule has 9 rings (SSSR count). The second-order valence-corrected chi connectivity index (χ2v) is 12.6. The van der Waals surface area contributed by atoms with Crippen molar-refractivity contribution >= 4 is 32.3 Å². The summed E-state index contributed by atoms with van der Waals surface area (Å²) in [4.78, 5) is 0. The highest BCUT2D eigenvalue weighted by molar-refractivity contribution is 6.20. The van der Waals surface area contributed by atoms with Crippen LogP contribution in [0.3, 0.4) is 0 Å². The van der Waals surface area contributed by atoms with E-state index in [2.05, 4.69) is 145 Å². The molecule has 0 bridgehead atoms. The van der Waals surface area contributed by atoms with Crippen molar-refractivity contribution in [3.05, 3.63) is 157 Å².